The number of rotatable bonds is 5. The van der Waals surface area contributed by atoms with Gasteiger partial charge < -0.3 is 14.8 Å². The molecule has 0 radical (unpaired) electrons. The summed E-state index contributed by atoms with van der Waals surface area (Å²) >= 11 is 0. The Morgan fingerprint density at radius 2 is 1.95 bits per heavy atom. The summed E-state index contributed by atoms with van der Waals surface area (Å²) < 4.78 is 11.6. The van der Waals surface area contributed by atoms with Crippen LogP contribution in [0.25, 0.3) is 0 Å². The van der Waals surface area contributed by atoms with Crippen LogP contribution in [0, 0.1) is 5.41 Å². The molecular formula is C16H32N2O2. The molecule has 0 amide bonds. The summed E-state index contributed by atoms with van der Waals surface area (Å²) in [7, 11) is 0. The van der Waals surface area contributed by atoms with Crippen LogP contribution < -0.4 is 5.32 Å². The first-order valence-corrected chi connectivity index (χ1v) is 8.13. The second kappa shape index (κ2) is 6.73. The van der Waals surface area contributed by atoms with Crippen molar-refractivity contribution in [2.75, 3.05) is 45.9 Å². The molecule has 2 heterocycles. The van der Waals surface area contributed by atoms with E-state index in [1.807, 2.05) is 0 Å². The molecule has 20 heavy (non-hydrogen) atoms. The van der Waals surface area contributed by atoms with Crippen molar-refractivity contribution >= 4 is 0 Å². The highest BCUT2D eigenvalue weighted by molar-refractivity contribution is 4.91. The first-order valence-electron chi connectivity index (χ1n) is 8.13. The van der Waals surface area contributed by atoms with E-state index in [0.717, 1.165) is 39.4 Å². The molecule has 0 aliphatic carbocycles. The molecule has 0 aromatic rings. The van der Waals surface area contributed by atoms with Crippen LogP contribution in [0.4, 0.5) is 0 Å². The van der Waals surface area contributed by atoms with Crippen molar-refractivity contribution in [3.05, 3.63) is 0 Å². The van der Waals surface area contributed by atoms with Crippen LogP contribution in [0.3, 0.4) is 0 Å². The largest absolute Gasteiger partial charge is 0.381 e. The molecule has 4 nitrogen and oxygen atoms in total. The Labute approximate surface area is 124 Å². The van der Waals surface area contributed by atoms with Crippen LogP contribution >= 0.6 is 0 Å². The zero-order valence-electron chi connectivity index (χ0n) is 13.7. The quantitative estimate of drug-likeness (QED) is 0.836. The molecular weight excluding hydrogens is 252 g/mol. The molecule has 2 aliphatic rings. The van der Waals surface area contributed by atoms with E-state index in [-0.39, 0.29) is 5.60 Å². The first-order chi connectivity index (χ1) is 9.45. The normalized spacial score (nSPS) is 30.3. The number of ether oxygens (including phenoxy) is 2. The van der Waals surface area contributed by atoms with Crippen LogP contribution in [-0.2, 0) is 9.47 Å². The van der Waals surface area contributed by atoms with Crippen molar-refractivity contribution < 1.29 is 9.47 Å². The van der Waals surface area contributed by atoms with Crippen LogP contribution in [0.1, 0.15) is 40.5 Å². The summed E-state index contributed by atoms with van der Waals surface area (Å²) in [6, 6.07) is 0. The molecule has 0 saturated carbocycles. The van der Waals surface area contributed by atoms with Gasteiger partial charge >= 0.3 is 0 Å². The van der Waals surface area contributed by atoms with Gasteiger partial charge in [-0.2, -0.15) is 0 Å². The van der Waals surface area contributed by atoms with Crippen molar-refractivity contribution in [1.29, 1.82) is 0 Å². The summed E-state index contributed by atoms with van der Waals surface area (Å²) in [6.07, 6.45) is 2.67. The van der Waals surface area contributed by atoms with Gasteiger partial charge in [0.15, 0.2) is 0 Å². The minimum absolute atomic E-state index is 0.0256. The van der Waals surface area contributed by atoms with Gasteiger partial charge in [-0.15, -0.1) is 0 Å². The zero-order chi connectivity index (χ0) is 14.6. The van der Waals surface area contributed by atoms with Gasteiger partial charge in [0.1, 0.15) is 0 Å². The maximum absolute atomic E-state index is 6.03. The van der Waals surface area contributed by atoms with Crippen molar-refractivity contribution in [3.8, 4) is 0 Å². The smallest absolute Gasteiger partial charge is 0.0757 e. The summed E-state index contributed by atoms with van der Waals surface area (Å²) in [5.74, 6) is 0. The Balaban J connectivity index is 1.99. The fourth-order valence-electron chi connectivity index (χ4n) is 3.77. The third kappa shape index (κ3) is 4.42. The number of nitrogens with one attached hydrogen (secondary N) is 1. The van der Waals surface area contributed by atoms with Gasteiger partial charge in [-0.1, -0.05) is 6.92 Å². The second-order valence-corrected chi connectivity index (χ2v) is 7.25. The van der Waals surface area contributed by atoms with Crippen molar-refractivity contribution in [2.45, 2.75) is 52.2 Å². The Morgan fingerprint density at radius 3 is 2.55 bits per heavy atom. The van der Waals surface area contributed by atoms with Gasteiger partial charge in [0.05, 0.1) is 11.7 Å². The topological polar surface area (TPSA) is 33.7 Å². The Bertz CT molecular complexity index is 301. The minimum Gasteiger partial charge on any atom is -0.381 e. The highest BCUT2D eigenvalue weighted by atomic mass is 16.5. The van der Waals surface area contributed by atoms with Gasteiger partial charge in [0.25, 0.3) is 0 Å². The van der Waals surface area contributed by atoms with E-state index in [4.69, 9.17) is 9.47 Å². The average Bonchev–Trinajstić information content (AvgIpc) is 2.35. The van der Waals surface area contributed by atoms with E-state index < -0.39 is 0 Å². The van der Waals surface area contributed by atoms with Crippen LogP contribution in [0.15, 0.2) is 0 Å². The second-order valence-electron chi connectivity index (χ2n) is 7.25. The summed E-state index contributed by atoms with van der Waals surface area (Å²) in [6.45, 7) is 16.0. The lowest BCUT2D eigenvalue weighted by molar-refractivity contribution is -0.139. The fourth-order valence-corrected chi connectivity index (χ4v) is 3.77. The van der Waals surface area contributed by atoms with Gasteiger partial charge in [0.2, 0.25) is 0 Å². The highest BCUT2D eigenvalue weighted by Crippen LogP contribution is 2.33. The molecule has 2 saturated heterocycles. The third-order valence-corrected chi connectivity index (χ3v) is 4.50. The summed E-state index contributed by atoms with van der Waals surface area (Å²) in [4.78, 5) is 2.61. The third-order valence-electron chi connectivity index (χ3n) is 4.50. The van der Waals surface area contributed by atoms with Crippen molar-refractivity contribution in [1.82, 2.24) is 10.2 Å². The minimum atomic E-state index is -0.0256. The molecule has 1 atom stereocenters. The molecule has 1 unspecified atom stereocenters. The van der Waals surface area contributed by atoms with Gasteiger partial charge in [-0.3, -0.25) is 4.90 Å². The van der Waals surface area contributed by atoms with E-state index in [1.165, 1.54) is 19.4 Å². The number of nitrogens with zero attached hydrogens (tertiary/aromatic N) is 1. The first kappa shape index (κ1) is 16.2. The highest BCUT2D eigenvalue weighted by Gasteiger charge is 2.38. The van der Waals surface area contributed by atoms with Crippen LogP contribution in [-0.4, -0.2) is 62.5 Å². The van der Waals surface area contributed by atoms with E-state index in [9.17, 15) is 0 Å². The molecule has 2 rings (SSSR count). The van der Waals surface area contributed by atoms with Gasteiger partial charge in [0, 0.05) is 39.4 Å². The van der Waals surface area contributed by atoms with Gasteiger partial charge in [-0.25, -0.2) is 0 Å². The van der Waals surface area contributed by atoms with E-state index >= 15 is 0 Å². The lowest BCUT2D eigenvalue weighted by Crippen LogP contribution is -2.56. The average molecular weight is 284 g/mol. The number of hydrogen-bond donors (Lipinski definition) is 1. The van der Waals surface area contributed by atoms with Crippen molar-refractivity contribution in [3.63, 3.8) is 0 Å². The predicted octanol–water partition coefficient (Wildman–Crippen LogP) is 1.89. The van der Waals surface area contributed by atoms with Crippen LogP contribution in [0.2, 0.25) is 0 Å². The molecule has 1 N–H and O–H groups in total. The van der Waals surface area contributed by atoms with E-state index in [0.29, 0.717) is 11.5 Å². The molecule has 0 bridgehead atoms. The molecule has 2 fully saturated rings. The maximum atomic E-state index is 6.03. The van der Waals surface area contributed by atoms with Crippen LogP contribution in [0.5, 0.6) is 0 Å². The lowest BCUT2D eigenvalue weighted by atomic mass is 9.79. The molecule has 2 aliphatic heterocycles. The Kier molecular flexibility index (Phi) is 5.46. The number of morpholine rings is 1. The van der Waals surface area contributed by atoms with E-state index in [1.54, 1.807) is 0 Å². The van der Waals surface area contributed by atoms with E-state index in [2.05, 4.69) is 37.9 Å². The standard InChI is InChI=1S/C16H32N2O2/c1-5-17-11-16(6-8-19-9-7-16)13-18-10-14(2)20-15(3,4)12-18/h14,17H,5-13H2,1-4H3. The summed E-state index contributed by atoms with van der Waals surface area (Å²) in [5, 5.41) is 3.57. The SMILES string of the molecule is CCNCC1(CN2CC(C)OC(C)(C)C2)CCOCC1. The maximum Gasteiger partial charge on any atom is 0.0757 e. The molecule has 0 aromatic carbocycles. The Hall–Kier alpha value is -0.160. The Morgan fingerprint density at radius 1 is 1.25 bits per heavy atom. The lowest BCUT2D eigenvalue weighted by Gasteiger charge is -2.47. The van der Waals surface area contributed by atoms with Gasteiger partial charge in [-0.05, 0) is 45.6 Å². The number of hydrogen-bond acceptors (Lipinski definition) is 4. The predicted molar refractivity (Wildman–Crippen MR) is 82.1 cm³/mol. The molecule has 0 spiro atoms. The fraction of sp³-hybridized carbons (Fsp3) is 1.00. The summed E-state index contributed by atoms with van der Waals surface area (Å²) in [5.41, 5.74) is 0.351. The zero-order valence-corrected chi connectivity index (χ0v) is 13.7. The molecule has 118 valence electrons. The molecule has 4 heteroatoms. The van der Waals surface area contributed by atoms with Crippen molar-refractivity contribution in [2.24, 2.45) is 5.41 Å². The monoisotopic (exact) mass is 284 g/mol. The molecule has 0 aromatic heterocycles.